The number of carbonyl (C=O) groups is 1. The Labute approximate surface area is 187 Å². The minimum atomic E-state index is -0.0460. The highest BCUT2D eigenvalue weighted by Gasteiger charge is 2.29. The quantitative estimate of drug-likeness (QED) is 0.577. The van der Waals surface area contributed by atoms with Gasteiger partial charge in [0.25, 0.3) is 0 Å². The van der Waals surface area contributed by atoms with Gasteiger partial charge in [-0.3, -0.25) is 4.79 Å². The third-order valence-electron chi connectivity index (χ3n) is 5.82. The Balaban J connectivity index is 1.62. The number of aromatic nitrogens is 2. The maximum atomic E-state index is 12.9. The van der Waals surface area contributed by atoms with Gasteiger partial charge < -0.3 is 19.5 Å². The van der Waals surface area contributed by atoms with Crippen molar-refractivity contribution in [2.45, 2.75) is 32.1 Å². The van der Waals surface area contributed by atoms with Gasteiger partial charge in [-0.15, -0.1) is 0 Å². The van der Waals surface area contributed by atoms with E-state index in [4.69, 9.17) is 14.2 Å². The van der Waals surface area contributed by atoms with Crippen LogP contribution in [0.3, 0.4) is 0 Å². The number of ether oxygens (including phenoxy) is 3. The maximum absolute atomic E-state index is 12.9. The van der Waals surface area contributed by atoms with Crippen molar-refractivity contribution in [1.82, 2.24) is 9.97 Å². The molecule has 0 fully saturated rings. The Morgan fingerprint density at radius 2 is 1.69 bits per heavy atom. The summed E-state index contributed by atoms with van der Waals surface area (Å²) in [5.74, 6) is 2.14. The van der Waals surface area contributed by atoms with E-state index in [1.807, 2.05) is 24.3 Å². The van der Waals surface area contributed by atoms with E-state index < -0.39 is 0 Å². The van der Waals surface area contributed by atoms with Crippen LogP contribution in [-0.4, -0.2) is 37.1 Å². The van der Waals surface area contributed by atoms with Crippen molar-refractivity contribution < 1.29 is 19.0 Å². The molecular formula is C25H27N3O4. The molecule has 7 nitrogen and oxygen atoms in total. The fourth-order valence-electron chi connectivity index (χ4n) is 4.03. The molecule has 1 aromatic heterocycles. The van der Waals surface area contributed by atoms with Gasteiger partial charge in [0, 0.05) is 18.3 Å². The fourth-order valence-corrected chi connectivity index (χ4v) is 4.03. The number of carbonyl (C=O) groups excluding carboxylic acids is 1. The molecular weight excluding hydrogens is 406 g/mol. The summed E-state index contributed by atoms with van der Waals surface area (Å²) in [6.45, 7) is 2.12. The summed E-state index contributed by atoms with van der Waals surface area (Å²) in [5, 5.41) is 3.24. The van der Waals surface area contributed by atoms with Gasteiger partial charge in [0.05, 0.1) is 32.6 Å². The number of nitrogens with zero attached hydrogens (tertiary/aromatic N) is 2. The van der Waals surface area contributed by atoms with Gasteiger partial charge in [-0.2, -0.15) is 0 Å². The van der Waals surface area contributed by atoms with E-state index in [1.165, 1.54) is 5.56 Å². The van der Waals surface area contributed by atoms with Crippen LogP contribution in [0, 0.1) is 0 Å². The normalized spacial score (nSPS) is 15.1. The molecule has 1 aliphatic carbocycles. The Morgan fingerprint density at radius 3 is 2.28 bits per heavy atom. The average molecular weight is 434 g/mol. The van der Waals surface area contributed by atoms with Gasteiger partial charge in [-0.1, -0.05) is 19.1 Å². The van der Waals surface area contributed by atoms with Crippen molar-refractivity contribution in [2.75, 3.05) is 26.6 Å². The van der Waals surface area contributed by atoms with Gasteiger partial charge >= 0.3 is 0 Å². The molecule has 166 valence electrons. The van der Waals surface area contributed by atoms with Crippen LogP contribution in [0.2, 0.25) is 0 Å². The van der Waals surface area contributed by atoms with Crippen molar-refractivity contribution in [2.24, 2.45) is 0 Å². The molecule has 0 bridgehead atoms. The highest BCUT2D eigenvalue weighted by atomic mass is 16.5. The van der Waals surface area contributed by atoms with Crippen LogP contribution in [-0.2, 0) is 12.8 Å². The van der Waals surface area contributed by atoms with E-state index in [-0.39, 0.29) is 11.7 Å². The third-order valence-corrected chi connectivity index (χ3v) is 5.82. The van der Waals surface area contributed by atoms with E-state index in [1.54, 1.807) is 27.5 Å². The van der Waals surface area contributed by atoms with Gasteiger partial charge in [0.15, 0.2) is 17.3 Å². The molecule has 32 heavy (non-hydrogen) atoms. The fraction of sp³-hybridized carbons (Fsp3) is 0.320. The number of fused-ring (bicyclic) bond motifs is 1. The monoisotopic (exact) mass is 433 g/mol. The number of benzene rings is 2. The lowest BCUT2D eigenvalue weighted by Gasteiger charge is -2.25. The number of methoxy groups -OCH3 is 3. The van der Waals surface area contributed by atoms with Gasteiger partial charge in [-0.25, -0.2) is 9.97 Å². The van der Waals surface area contributed by atoms with E-state index in [2.05, 4.69) is 34.3 Å². The lowest BCUT2D eigenvalue weighted by Crippen LogP contribution is -2.21. The number of nitrogens with one attached hydrogen (secondary N) is 1. The molecule has 1 heterocycles. The Bertz CT molecular complexity index is 1100. The van der Waals surface area contributed by atoms with Crippen LogP contribution in [0.25, 0.3) is 0 Å². The van der Waals surface area contributed by atoms with Gasteiger partial charge in [-0.05, 0) is 54.2 Å². The maximum Gasteiger partial charge on any atom is 0.227 e. The minimum Gasteiger partial charge on any atom is -0.493 e. The second-order valence-corrected chi connectivity index (χ2v) is 7.72. The second kappa shape index (κ2) is 9.26. The molecule has 2 aromatic carbocycles. The van der Waals surface area contributed by atoms with Crippen molar-refractivity contribution in [3.8, 4) is 17.2 Å². The molecule has 0 saturated carbocycles. The molecule has 1 aliphatic rings. The molecule has 0 radical (unpaired) electrons. The first-order valence-electron chi connectivity index (χ1n) is 10.6. The molecule has 0 aliphatic heterocycles. The average Bonchev–Trinajstić information content (AvgIpc) is 2.83. The number of ketones is 1. The second-order valence-electron chi connectivity index (χ2n) is 7.72. The molecule has 0 unspecified atom stereocenters. The molecule has 1 atom stereocenters. The van der Waals surface area contributed by atoms with Crippen molar-refractivity contribution >= 4 is 17.4 Å². The molecule has 0 saturated heterocycles. The predicted octanol–water partition coefficient (Wildman–Crippen LogP) is 4.72. The summed E-state index contributed by atoms with van der Waals surface area (Å²) in [4.78, 5) is 21.9. The largest absolute Gasteiger partial charge is 0.493 e. The summed E-state index contributed by atoms with van der Waals surface area (Å²) >= 11 is 0. The number of hydrogen-bond donors (Lipinski definition) is 1. The van der Waals surface area contributed by atoms with Crippen LogP contribution in [0.5, 0.6) is 17.2 Å². The highest BCUT2D eigenvalue weighted by Crippen LogP contribution is 2.42. The molecule has 0 spiro atoms. The van der Waals surface area contributed by atoms with E-state index >= 15 is 0 Å². The summed E-state index contributed by atoms with van der Waals surface area (Å²) in [6.07, 6.45) is 3.60. The number of rotatable bonds is 7. The standard InChI is InChI=1S/C25H27N3O4/c1-5-15-6-8-18(9-7-15)27-25-26-14-19-20(28-25)10-16(11-21(19)29)17-12-22(30-2)24(32-4)23(13-17)31-3/h6-9,12-14,16H,5,10-11H2,1-4H3,(H,26,27,28)/t16-/m1/s1. The van der Waals surface area contributed by atoms with E-state index in [0.29, 0.717) is 41.6 Å². The molecule has 4 rings (SSSR count). The van der Waals surface area contributed by atoms with Crippen molar-refractivity contribution in [3.05, 3.63) is 65.0 Å². The predicted molar refractivity (Wildman–Crippen MR) is 123 cm³/mol. The Hall–Kier alpha value is -3.61. The summed E-state index contributed by atoms with van der Waals surface area (Å²) in [5.41, 5.74) is 4.44. The third kappa shape index (κ3) is 4.23. The lowest BCUT2D eigenvalue weighted by atomic mass is 9.82. The summed E-state index contributed by atoms with van der Waals surface area (Å²) < 4.78 is 16.4. The first-order valence-corrected chi connectivity index (χ1v) is 10.6. The Morgan fingerprint density at radius 1 is 1.00 bits per heavy atom. The Kier molecular flexibility index (Phi) is 6.25. The first-order chi connectivity index (χ1) is 15.6. The van der Waals surface area contributed by atoms with Crippen LogP contribution in [0.1, 0.15) is 46.4 Å². The van der Waals surface area contributed by atoms with Crippen LogP contribution in [0.4, 0.5) is 11.6 Å². The molecule has 7 heteroatoms. The smallest absolute Gasteiger partial charge is 0.227 e. The van der Waals surface area contributed by atoms with Crippen LogP contribution < -0.4 is 19.5 Å². The highest BCUT2D eigenvalue weighted by molar-refractivity contribution is 5.98. The number of anilines is 2. The summed E-state index contributed by atoms with van der Waals surface area (Å²) in [6, 6.07) is 12.0. The number of aryl methyl sites for hydroxylation is 1. The SMILES string of the molecule is CCc1ccc(Nc2ncc3c(n2)C[C@@H](c2cc(OC)c(OC)c(OC)c2)CC3=O)cc1. The van der Waals surface area contributed by atoms with Crippen molar-refractivity contribution in [1.29, 1.82) is 0 Å². The molecule has 3 aromatic rings. The van der Waals surface area contributed by atoms with Gasteiger partial charge in [0.2, 0.25) is 11.7 Å². The zero-order chi connectivity index (χ0) is 22.7. The molecule has 0 amide bonds. The lowest BCUT2D eigenvalue weighted by molar-refractivity contribution is 0.0962. The van der Waals surface area contributed by atoms with Crippen molar-refractivity contribution in [3.63, 3.8) is 0 Å². The molecule has 1 N–H and O–H groups in total. The summed E-state index contributed by atoms with van der Waals surface area (Å²) in [7, 11) is 4.74. The number of hydrogen-bond acceptors (Lipinski definition) is 7. The van der Waals surface area contributed by atoms with Crippen LogP contribution >= 0.6 is 0 Å². The van der Waals surface area contributed by atoms with E-state index in [9.17, 15) is 4.79 Å². The van der Waals surface area contributed by atoms with Gasteiger partial charge in [0.1, 0.15) is 0 Å². The zero-order valence-electron chi connectivity index (χ0n) is 18.8. The zero-order valence-corrected chi connectivity index (χ0v) is 18.8. The topological polar surface area (TPSA) is 82.6 Å². The minimum absolute atomic E-state index is 0.0313. The first kappa shape index (κ1) is 21.6. The number of Topliss-reactive ketones (excluding diaryl/α,β-unsaturated/α-hetero) is 1. The van der Waals surface area contributed by atoms with E-state index in [0.717, 1.165) is 23.4 Å². The van der Waals surface area contributed by atoms with Crippen LogP contribution in [0.15, 0.2) is 42.6 Å².